The summed E-state index contributed by atoms with van der Waals surface area (Å²) in [4.78, 5) is 12.6. The standard InChI is InChI=1S/C23H21N3O/c24-15-14-21(27)26-23(18-10-5-2-6-11-18)20-13-7-12-19(22(20)25-26)16-17-8-3-1-4-9-17/h1-6,8-11,16,20,23H,7,12-14H2/b19-16+/t20-,23+/m0/s1. The van der Waals surface area contributed by atoms with Gasteiger partial charge in [0.15, 0.2) is 0 Å². The first-order valence-corrected chi connectivity index (χ1v) is 9.36. The van der Waals surface area contributed by atoms with E-state index in [4.69, 9.17) is 10.4 Å². The number of hydrogen-bond donors (Lipinski definition) is 0. The molecule has 0 saturated heterocycles. The van der Waals surface area contributed by atoms with Crippen LogP contribution in [0.5, 0.6) is 0 Å². The molecule has 1 aliphatic carbocycles. The first kappa shape index (κ1) is 17.2. The van der Waals surface area contributed by atoms with Gasteiger partial charge in [-0.15, -0.1) is 0 Å². The van der Waals surface area contributed by atoms with Gasteiger partial charge in [0.1, 0.15) is 6.42 Å². The number of carbonyl (C=O) groups is 1. The molecule has 0 bridgehead atoms. The highest BCUT2D eigenvalue weighted by Gasteiger charge is 2.43. The maximum absolute atomic E-state index is 12.6. The fraction of sp³-hybridized carbons (Fsp3) is 0.261. The molecule has 1 amide bonds. The van der Waals surface area contributed by atoms with Gasteiger partial charge >= 0.3 is 0 Å². The van der Waals surface area contributed by atoms with Crippen LogP contribution >= 0.6 is 0 Å². The molecule has 2 aromatic carbocycles. The minimum Gasteiger partial charge on any atom is -0.272 e. The third-order valence-electron chi connectivity index (χ3n) is 5.27. The average molecular weight is 355 g/mol. The Morgan fingerprint density at radius 2 is 1.85 bits per heavy atom. The lowest BCUT2D eigenvalue weighted by Crippen LogP contribution is -2.31. The van der Waals surface area contributed by atoms with Crippen LogP contribution in [0.15, 0.2) is 71.3 Å². The number of nitrogens with zero attached hydrogens (tertiary/aromatic N) is 3. The Kier molecular flexibility index (Phi) is 4.84. The lowest BCUT2D eigenvalue weighted by atomic mass is 9.77. The van der Waals surface area contributed by atoms with Crippen molar-refractivity contribution in [2.75, 3.05) is 0 Å². The molecule has 1 aliphatic heterocycles. The highest BCUT2D eigenvalue weighted by molar-refractivity contribution is 6.08. The van der Waals surface area contributed by atoms with Gasteiger partial charge in [-0.25, -0.2) is 5.01 Å². The van der Waals surface area contributed by atoms with Crippen LogP contribution < -0.4 is 0 Å². The molecule has 4 heteroatoms. The lowest BCUT2D eigenvalue weighted by molar-refractivity contribution is -0.132. The highest BCUT2D eigenvalue weighted by Crippen LogP contribution is 2.44. The number of rotatable bonds is 3. The van der Waals surface area contributed by atoms with Gasteiger partial charge in [-0.1, -0.05) is 60.7 Å². The number of carbonyl (C=O) groups excluding carboxylic acids is 1. The van der Waals surface area contributed by atoms with Gasteiger partial charge in [0, 0.05) is 5.92 Å². The molecule has 2 atom stereocenters. The summed E-state index contributed by atoms with van der Waals surface area (Å²) < 4.78 is 0. The monoisotopic (exact) mass is 355 g/mol. The summed E-state index contributed by atoms with van der Waals surface area (Å²) in [6.45, 7) is 0. The SMILES string of the molecule is N#CCC(=O)N1N=C2/C(=C/c3ccccc3)CCC[C@@H]2[C@H]1c1ccccc1. The van der Waals surface area contributed by atoms with Crippen LogP contribution in [0, 0.1) is 17.2 Å². The van der Waals surface area contributed by atoms with Gasteiger partial charge < -0.3 is 0 Å². The maximum Gasteiger partial charge on any atom is 0.257 e. The Morgan fingerprint density at radius 1 is 1.15 bits per heavy atom. The van der Waals surface area contributed by atoms with Gasteiger partial charge in [0.25, 0.3) is 5.91 Å². The van der Waals surface area contributed by atoms with Gasteiger partial charge in [-0.05, 0) is 42.0 Å². The van der Waals surface area contributed by atoms with E-state index in [1.165, 1.54) is 5.57 Å². The summed E-state index contributed by atoms with van der Waals surface area (Å²) in [5, 5.41) is 15.3. The summed E-state index contributed by atoms with van der Waals surface area (Å²) in [5.74, 6) is -0.0499. The Balaban J connectivity index is 1.75. The first-order chi connectivity index (χ1) is 13.3. The van der Waals surface area contributed by atoms with E-state index in [2.05, 4.69) is 18.2 Å². The molecule has 2 aliphatic rings. The number of benzene rings is 2. The molecular weight excluding hydrogens is 334 g/mol. The van der Waals surface area contributed by atoms with Gasteiger partial charge in [-0.3, -0.25) is 4.79 Å². The zero-order valence-corrected chi connectivity index (χ0v) is 15.1. The number of amides is 1. The van der Waals surface area contributed by atoms with Crippen LogP contribution in [0.2, 0.25) is 0 Å². The first-order valence-electron chi connectivity index (χ1n) is 9.36. The molecular formula is C23H21N3O. The predicted octanol–water partition coefficient (Wildman–Crippen LogP) is 4.72. The summed E-state index contributed by atoms with van der Waals surface area (Å²) in [6.07, 6.45) is 5.08. The van der Waals surface area contributed by atoms with E-state index in [0.29, 0.717) is 0 Å². The molecule has 0 N–H and O–H groups in total. The topological polar surface area (TPSA) is 56.5 Å². The number of allylic oxidation sites excluding steroid dienone is 1. The molecule has 0 radical (unpaired) electrons. The normalized spacial score (nSPS) is 22.9. The molecule has 1 saturated carbocycles. The second kappa shape index (κ2) is 7.59. The van der Waals surface area contributed by atoms with Crippen LogP contribution in [-0.2, 0) is 4.79 Å². The summed E-state index contributed by atoms with van der Waals surface area (Å²) >= 11 is 0. The van der Waals surface area contributed by atoms with Crippen molar-refractivity contribution in [3.05, 3.63) is 77.4 Å². The van der Waals surface area contributed by atoms with Crippen molar-refractivity contribution in [1.29, 1.82) is 5.26 Å². The summed E-state index contributed by atoms with van der Waals surface area (Å²) in [7, 11) is 0. The van der Waals surface area contributed by atoms with Crippen molar-refractivity contribution in [2.45, 2.75) is 31.7 Å². The molecule has 4 rings (SSSR count). The second-order valence-electron chi connectivity index (χ2n) is 6.99. The maximum atomic E-state index is 12.6. The van der Waals surface area contributed by atoms with E-state index in [0.717, 1.165) is 36.1 Å². The molecule has 0 aromatic heterocycles. The van der Waals surface area contributed by atoms with E-state index < -0.39 is 0 Å². The van der Waals surface area contributed by atoms with Crippen molar-refractivity contribution in [1.82, 2.24) is 5.01 Å². The smallest absolute Gasteiger partial charge is 0.257 e. The molecule has 27 heavy (non-hydrogen) atoms. The molecule has 134 valence electrons. The van der Waals surface area contributed by atoms with Crippen LogP contribution in [0.4, 0.5) is 0 Å². The van der Waals surface area contributed by atoms with Gasteiger partial charge in [0.2, 0.25) is 0 Å². The largest absolute Gasteiger partial charge is 0.272 e. The zero-order chi connectivity index (χ0) is 18.6. The molecule has 1 fully saturated rings. The minimum atomic E-state index is -0.229. The molecule has 4 nitrogen and oxygen atoms in total. The fourth-order valence-corrected chi connectivity index (χ4v) is 4.09. The quantitative estimate of drug-likeness (QED) is 0.800. The van der Waals surface area contributed by atoms with Crippen LogP contribution in [0.25, 0.3) is 6.08 Å². The second-order valence-corrected chi connectivity index (χ2v) is 6.99. The third kappa shape index (κ3) is 3.41. The van der Waals surface area contributed by atoms with Gasteiger partial charge in [-0.2, -0.15) is 10.4 Å². The summed E-state index contributed by atoms with van der Waals surface area (Å²) in [5.41, 5.74) is 4.43. The van der Waals surface area contributed by atoms with Crippen molar-refractivity contribution in [3.8, 4) is 6.07 Å². The van der Waals surface area contributed by atoms with E-state index in [1.54, 1.807) is 5.01 Å². The van der Waals surface area contributed by atoms with Crippen molar-refractivity contribution < 1.29 is 4.79 Å². The average Bonchev–Trinajstić information content (AvgIpc) is 3.10. The molecule has 2 aromatic rings. The molecule has 0 spiro atoms. The van der Waals surface area contributed by atoms with Crippen molar-refractivity contribution in [2.24, 2.45) is 11.0 Å². The van der Waals surface area contributed by atoms with E-state index in [1.807, 2.05) is 54.6 Å². The summed E-state index contributed by atoms with van der Waals surface area (Å²) in [6, 6.07) is 22.1. The Bertz CT molecular complexity index is 925. The number of hydrogen-bond acceptors (Lipinski definition) is 3. The minimum absolute atomic E-state index is 0.124. The van der Waals surface area contributed by atoms with E-state index in [9.17, 15) is 4.79 Å². The van der Waals surface area contributed by atoms with E-state index >= 15 is 0 Å². The van der Waals surface area contributed by atoms with Crippen LogP contribution in [0.1, 0.15) is 42.9 Å². The van der Waals surface area contributed by atoms with Crippen LogP contribution in [-0.4, -0.2) is 16.6 Å². The van der Waals surface area contributed by atoms with Crippen molar-refractivity contribution in [3.63, 3.8) is 0 Å². The zero-order valence-electron chi connectivity index (χ0n) is 15.1. The Hall–Kier alpha value is -3.19. The fourth-order valence-electron chi connectivity index (χ4n) is 4.09. The van der Waals surface area contributed by atoms with E-state index in [-0.39, 0.29) is 24.3 Å². The van der Waals surface area contributed by atoms with Gasteiger partial charge in [0.05, 0.1) is 17.8 Å². The number of hydrazone groups is 1. The Labute approximate surface area is 159 Å². The third-order valence-corrected chi connectivity index (χ3v) is 5.27. The lowest BCUT2D eigenvalue weighted by Gasteiger charge is -2.29. The Morgan fingerprint density at radius 3 is 2.56 bits per heavy atom. The highest BCUT2D eigenvalue weighted by atomic mass is 16.2. The number of fused-ring (bicyclic) bond motifs is 1. The number of nitriles is 1. The van der Waals surface area contributed by atoms with Crippen LogP contribution in [0.3, 0.4) is 0 Å². The van der Waals surface area contributed by atoms with Crippen molar-refractivity contribution >= 4 is 17.7 Å². The molecule has 1 heterocycles. The molecule has 0 unspecified atom stereocenters. The predicted molar refractivity (Wildman–Crippen MR) is 105 cm³/mol.